The van der Waals surface area contributed by atoms with Gasteiger partial charge in [-0.1, -0.05) is 13.8 Å². The molecule has 88 valence electrons. The molecule has 0 unspecified atom stereocenters. The fourth-order valence-electron chi connectivity index (χ4n) is 1.11. The molecule has 1 aromatic rings. The summed E-state index contributed by atoms with van der Waals surface area (Å²) in [6.45, 7) is 6.11. The van der Waals surface area contributed by atoms with E-state index in [0.717, 1.165) is 0 Å². The van der Waals surface area contributed by atoms with Crippen molar-refractivity contribution in [3.05, 3.63) is 24.0 Å². The first-order valence-electron chi connectivity index (χ1n) is 5.31. The zero-order chi connectivity index (χ0) is 12.1. The first-order chi connectivity index (χ1) is 7.54. The van der Waals surface area contributed by atoms with Gasteiger partial charge in [0.2, 0.25) is 0 Å². The summed E-state index contributed by atoms with van der Waals surface area (Å²) in [7, 11) is 0. The average Bonchev–Trinajstić information content (AvgIpc) is 2.22. The van der Waals surface area contributed by atoms with Crippen LogP contribution in [0, 0.1) is 11.7 Å². The van der Waals surface area contributed by atoms with Crippen LogP contribution in [0.25, 0.3) is 0 Å². The fourth-order valence-corrected chi connectivity index (χ4v) is 1.11. The van der Waals surface area contributed by atoms with Gasteiger partial charge >= 0.3 is 0 Å². The van der Waals surface area contributed by atoms with Gasteiger partial charge in [-0.3, -0.25) is 0 Å². The maximum absolute atomic E-state index is 13.5. The minimum atomic E-state index is -0.417. The van der Waals surface area contributed by atoms with E-state index in [9.17, 15) is 4.39 Å². The number of hydrogen-bond acceptors (Lipinski definition) is 2. The van der Waals surface area contributed by atoms with E-state index in [4.69, 9.17) is 10.5 Å². The molecule has 3 nitrogen and oxygen atoms in total. The minimum absolute atomic E-state index is 0.148. The monoisotopic (exact) mass is 224 g/mol. The molecule has 0 heterocycles. The Morgan fingerprint density at radius 3 is 2.69 bits per heavy atom. The van der Waals surface area contributed by atoms with E-state index in [-0.39, 0.29) is 11.7 Å². The molecule has 0 radical (unpaired) electrons. The van der Waals surface area contributed by atoms with Crippen molar-refractivity contribution in [3.63, 3.8) is 0 Å². The fraction of sp³-hybridized carbons (Fsp3) is 0.417. The van der Waals surface area contributed by atoms with E-state index in [1.807, 2.05) is 20.8 Å². The van der Waals surface area contributed by atoms with Crippen molar-refractivity contribution in [2.24, 2.45) is 16.6 Å². The second-order valence-electron chi connectivity index (χ2n) is 3.74. The Balaban J connectivity index is 2.93. The second kappa shape index (κ2) is 5.49. The molecule has 0 saturated carbocycles. The number of amidine groups is 1. The number of aliphatic imine (C=N–C) groups is 1. The molecular weight excluding hydrogens is 207 g/mol. The maximum atomic E-state index is 13.5. The third-order valence-electron chi connectivity index (χ3n) is 2.07. The van der Waals surface area contributed by atoms with Crippen LogP contribution in [0.4, 0.5) is 10.1 Å². The van der Waals surface area contributed by atoms with Gasteiger partial charge < -0.3 is 10.5 Å². The Labute approximate surface area is 95.1 Å². The zero-order valence-electron chi connectivity index (χ0n) is 9.83. The second-order valence-corrected chi connectivity index (χ2v) is 3.74. The minimum Gasteiger partial charge on any atom is -0.491 e. The van der Waals surface area contributed by atoms with Gasteiger partial charge in [0.05, 0.1) is 12.3 Å². The quantitative estimate of drug-likeness (QED) is 0.631. The SMILES string of the molecule is CCOc1ccc(N=C(N)C(C)C)cc1F. The maximum Gasteiger partial charge on any atom is 0.167 e. The smallest absolute Gasteiger partial charge is 0.167 e. The van der Waals surface area contributed by atoms with Gasteiger partial charge in [0.1, 0.15) is 5.84 Å². The molecule has 0 amide bonds. The van der Waals surface area contributed by atoms with Crippen LogP contribution < -0.4 is 10.5 Å². The van der Waals surface area contributed by atoms with Crippen LogP contribution in [0.15, 0.2) is 23.2 Å². The number of nitrogens with zero attached hydrogens (tertiary/aromatic N) is 1. The number of benzene rings is 1. The molecule has 2 N–H and O–H groups in total. The van der Waals surface area contributed by atoms with E-state index in [1.165, 1.54) is 6.07 Å². The molecule has 4 heteroatoms. The van der Waals surface area contributed by atoms with Gasteiger partial charge in [0.15, 0.2) is 11.6 Å². The summed E-state index contributed by atoms with van der Waals surface area (Å²) in [5, 5.41) is 0. The summed E-state index contributed by atoms with van der Waals surface area (Å²) < 4.78 is 18.5. The van der Waals surface area contributed by atoms with Crippen molar-refractivity contribution in [2.45, 2.75) is 20.8 Å². The third kappa shape index (κ3) is 3.22. The van der Waals surface area contributed by atoms with Gasteiger partial charge in [-0.05, 0) is 19.1 Å². The van der Waals surface area contributed by atoms with Gasteiger partial charge in [-0.15, -0.1) is 0 Å². The normalized spacial score (nSPS) is 11.9. The van der Waals surface area contributed by atoms with Crippen LogP contribution in [0.3, 0.4) is 0 Å². The lowest BCUT2D eigenvalue weighted by atomic mass is 10.2. The Kier molecular flexibility index (Phi) is 4.28. The number of ether oxygens (including phenoxy) is 1. The summed E-state index contributed by atoms with van der Waals surface area (Å²) in [6, 6.07) is 4.56. The van der Waals surface area contributed by atoms with Crippen LogP contribution in [0.1, 0.15) is 20.8 Å². The van der Waals surface area contributed by atoms with Crippen molar-refractivity contribution in [2.75, 3.05) is 6.61 Å². The van der Waals surface area contributed by atoms with Crippen LogP contribution in [-0.4, -0.2) is 12.4 Å². The first kappa shape index (κ1) is 12.5. The van der Waals surface area contributed by atoms with Crippen molar-refractivity contribution in [1.82, 2.24) is 0 Å². The molecule has 0 aromatic heterocycles. The van der Waals surface area contributed by atoms with Crippen LogP contribution >= 0.6 is 0 Å². The van der Waals surface area contributed by atoms with Gasteiger partial charge in [-0.25, -0.2) is 9.38 Å². The Morgan fingerprint density at radius 2 is 2.19 bits per heavy atom. The van der Waals surface area contributed by atoms with Crippen molar-refractivity contribution in [1.29, 1.82) is 0 Å². The first-order valence-corrected chi connectivity index (χ1v) is 5.31. The highest BCUT2D eigenvalue weighted by molar-refractivity contribution is 5.84. The van der Waals surface area contributed by atoms with Gasteiger partial charge in [0.25, 0.3) is 0 Å². The highest BCUT2D eigenvalue weighted by Crippen LogP contribution is 2.23. The Morgan fingerprint density at radius 1 is 1.50 bits per heavy atom. The topological polar surface area (TPSA) is 47.6 Å². The molecule has 1 aromatic carbocycles. The summed E-state index contributed by atoms with van der Waals surface area (Å²) >= 11 is 0. The van der Waals surface area contributed by atoms with E-state index < -0.39 is 5.82 Å². The van der Waals surface area contributed by atoms with Crippen molar-refractivity contribution in [3.8, 4) is 5.75 Å². The highest BCUT2D eigenvalue weighted by Gasteiger charge is 2.05. The van der Waals surface area contributed by atoms with E-state index in [0.29, 0.717) is 18.1 Å². The van der Waals surface area contributed by atoms with E-state index >= 15 is 0 Å². The molecule has 0 saturated heterocycles. The number of nitrogens with two attached hydrogens (primary N) is 1. The zero-order valence-corrected chi connectivity index (χ0v) is 9.83. The third-order valence-corrected chi connectivity index (χ3v) is 2.07. The summed E-state index contributed by atoms with van der Waals surface area (Å²) in [5.74, 6) is 0.461. The lowest BCUT2D eigenvalue weighted by Crippen LogP contribution is -2.18. The molecular formula is C12H17FN2O. The summed E-state index contributed by atoms with van der Waals surface area (Å²) in [5.41, 5.74) is 6.20. The van der Waals surface area contributed by atoms with Crippen LogP contribution in [-0.2, 0) is 0 Å². The largest absolute Gasteiger partial charge is 0.491 e. The molecule has 1 rings (SSSR count). The van der Waals surface area contributed by atoms with E-state index in [2.05, 4.69) is 4.99 Å². The number of rotatable bonds is 4. The molecule has 0 fully saturated rings. The standard InChI is InChI=1S/C12H17FN2O/c1-4-16-11-6-5-9(7-10(11)13)15-12(14)8(2)3/h5-8H,4H2,1-3H3,(H2,14,15). The average molecular weight is 224 g/mol. The Hall–Kier alpha value is -1.58. The molecule has 0 aliphatic carbocycles. The Bertz CT molecular complexity index is 389. The number of hydrogen-bond donors (Lipinski definition) is 1. The highest BCUT2D eigenvalue weighted by atomic mass is 19.1. The molecule has 0 atom stereocenters. The van der Waals surface area contributed by atoms with Crippen molar-refractivity contribution < 1.29 is 9.13 Å². The molecule has 0 aliphatic heterocycles. The molecule has 16 heavy (non-hydrogen) atoms. The summed E-state index contributed by atoms with van der Waals surface area (Å²) in [6.07, 6.45) is 0. The lowest BCUT2D eigenvalue weighted by Gasteiger charge is -2.06. The summed E-state index contributed by atoms with van der Waals surface area (Å²) in [4.78, 5) is 4.12. The van der Waals surface area contributed by atoms with E-state index in [1.54, 1.807) is 12.1 Å². The predicted octanol–water partition coefficient (Wildman–Crippen LogP) is 2.87. The van der Waals surface area contributed by atoms with Crippen LogP contribution in [0.5, 0.6) is 5.75 Å². The number of halogens is 1. The molecule has 0 aliphatic rings. The lowest BCUT2D eigenvalue weighted by molar-refractivity contribution is 0.321. The van der Waals surface area contributed by atoms with Gasteiger partial charge in [0, 0.05) is 12.0 Å². The molecule has 0 spiro atoms. The van der Waals surface area contributed by atoms with Crippen LogP contribution in [0.2, 0.25) is 0 Å². The van der Waals surface area contributed by atoms with Crippen molar-refractivity contribution >= 4 is 11.5 Å². The van der Waals surface area contributed by atoms with Gasteiger partial charge in [-0.2, -0.15) is 0 Å². The molecule has 0 bridgehead atoms. The predicted molar refractivity (Wildman–Crippen MR) is 63.7 cm³/mol.